The van der Waals surface area contributed by atoms with Crippen molar-refractivity contribution in [1.29, 1.82) is 5.26 Å². The lowest BCUT2D eigenvalue weighted by Crippen LogP contribution is -2.34. The smallest absolute Gasteiger partial charge is 0.164 e. The van der Waals surface area contributed by atoms with Crippen LogP contribution in [0.25, 0.3) is 56.4 Å². The minimum atomic E-state index is -0.665. The Morgan fingerprint density at radius 2 is 0.828 bits per heavy atom. The van der Waals surface area contributed by atoms with Gasteiger partial charge in [-0.2, -0.15) is 5.26 Å². The second kappa shape index (κ2) is 14.6. The van der Waals surface area contributed by atoms with Gasteiger partial charge in [-0.25, -0.2) is 15.0 Å². The van der Waals surface area contributed by atoms with Gasteiger partial charge in [0.1, 0.15) is 11.5 Å². The first-order valence-corrected chi connectivity index (χ1v) is 19.2. The van der Waals surface area contributed by atoms with Gasteiger partial charge < -0.3 is 4.74 Å². The predicted molar refractivity (Wildman–Crippen MR) is 230 cm³/mol. The fourth-order valence-electron chi connectivity index (χ4n) is 8.30. The van der Waals surface area contributed by atoms with Gasteiger partial charge in [0.15, 0.2) is 17.5 Å². The number of hydrogen-bond acceptors (Lipinski definition) is 5. The summed E-state index contributed by atoms with van der Waals surface area (Å²) >= 11 is 0. The van der Waals surface area contributed by atoms with Crippen LogP contribution >= 0.6 is 0 Å². The largest absolute Gasteiger partial charge is 0.457 e. The first kappa shape index (κ1) is 34.5. The van der Waals surface area contributed by atoms with E-state index in [-0.39, 0.29) is 0 Å². The summed E-state index contributed by atoms with van der Waals surface area (Å²) in [7, 11) is 0. The van der Waals surface area contributed by atoms with Gasteiger partial charge in [0.05, 0.1) is 17.0 Å². The number of fused-ring (bicyclic) bond motifs is 2. The van der Waals surface area contributed by atoms with Crippen LogP contribution in [0.2, 0.25) is 0 Å². The van der Waals surface area contributed by atoms with E-state index >= 15 is 0 Å². The summed E-state index contributed by atoms with van der Waals surface area (Å²) < 4.78 is 6.81. The molecule has 9 aromatic rings. The zero-order valence-electron chi connectivity index (χ0n) is 31.3. The normalized spacial score (nSPS) is 12.4. The molecular weight excluding hydrogens is 709 g/mol. The molecule has 5 nitrogen and oxygen atoms in total. The molecule has 58 heavy (non-hydrogen) atoms. The number of hydrogen-bond donors (Lipinski definition) is 0. The third kappa shape index (κ3) is 5.92. The van der Waals surface area contributed by atoms with Gasteiger partial charge in [-0.3, -0.25) is 0 Å². The summed E-state index contributed by atoms with van der Waals surface area (Å²) in [5, 5.41) is 9.38. The van der Waals surface area contributed by atoms with E-state index in [1.54, 1.807) is 12.1 Å². The number of nitrogens with zero attached hydrogens (tertiary/aromatic N) is 4. The first-order chi connectivity index (χ1) is 28.7. The molecule has 1 aromatic heterocycles. The van der Waals surface area contributed by atoms with Gasteiger partial charge in [-0.1, -0.05) is 170 Å². The summed E-state index contributed by atoms with van der Waals surface area (Å²) in [5.74, 6) is 3.37. The highest BCUT2D eigenvalue weighted by atomic mass is 16.5. The monoisotopic (exact) mass is 742 g/mol. The maximum Gasteiger partial charge on any atom is 0.164 e. The summed E-state index contributed by atoms with van der Waals surface area (Å²) in [6.45, 7) is 0. The van der Waals surface area contributed by atoms with Crippen molar-refractivity contribution in [3.05, 3.63) is 234 Å². The summed E-state index contributed by atoms with van der Waals surface area (Å²) in [4.78, 5) is 14.8. The number of rotatable bonds is 7. The van der Waals surface area contributed by atoms with Gasteiger partial charge in [0.25, 0.3) is 0 Å². The van der Waals surface area contributed by atoms with E-state index in [1.807, 2.05) is 48.5 Å². The van der Waals surface area contributed by atoms with E-state index < -0.39 is 5.41 Å². The van der Waals surface area contributed by atoms with Crippen molar-refractivity contribution in [2.75, 3.05) is 0 Å². The molecule has 10 rings (SSSR count). The number of para-hydroxylation sites is 1. The van der Waals surface area contributed by atoms with E-state index in [9.17, 15) is 5.26 Å². The molecule has 0 atom stereocenters. The van der Waals surface area contributed by atoms with Crippen molar-refractivity contribution in [1.82, 2.24) is 15.0 Å². The molecule has 0 saturated carbocycles. The minimum absolute atomic E-state index is 0.542. The van der Waals surface area contributed by atoms with E-state index in [4.69, 9.17) is 19.7 Å². The quantitative estimate of drug-likeness (QED) is 0.163. The highest BCUT2D eigenvalue weighted by molar-refractivity contribution is 5.89. The number of ether oxygens (including phenoxy) is 1. The topological polar surface area (TPSA) is 71.7 Å². The van der Waals surface area contributed by atoms with Gasteiger partial charge in [0, 0.05) is 27.8 Å². The van der Waals surface area contributed by atoms with Crippen LogP contribution in [0, 0.1) is 11.3 Å². The van der Waals surface area contributed by atoms with Crippen molar-refractivity contribution in [2.45, 2.75) is 5.41 Å². The SMILES string of the molecule is N#Cc1ccc(-c2nc(-c3ccccc3)nc(-c3ccc(-c4ccccc4-c4cccc5c4C(c4ccccc4)(c4ccccc4)c4ccccc4O5)cc3)n2)cc1. The second-order valence-corrected chi connectivity index (χ2v) is 14.2. The second-order valence-electron chi connectivity index (χ2n) is 14.2. The van der Waals surface area contributed by atoms with Crippen LogP contribution in [-0.4, -0.2) is 15.0 Å². The molecule has 5 heteroatoms. The minimum Gasteiger partial charge on any atom is -0.457 e. The van der Waals surface area contributed by atoms with Gasteiger partial charge >= 0.3 is 0 Å². The first-order valence-electron chi connectivity index (χ1n) is 19.2. The summed E-state index contributed by atoms with van der Waals surface area (Å²) in [5.41, 5.74) is 11.4. The molecule has 0 aliphatic carbocycles. The molecule has 1 aliphatic heterocycles. The molecule has 272 valence electrons. The zero-order valence-corrected chi connectivity index (χ0v) is 31.3. The van der Waals surface area contributed by atoms with Crippen molar-refractivity contribution >= 4 is 0 Å². The molecule has 0 saturated heterocycles. The van der Waals surface area contributed by atoms with Gasteiger partial charge in [-0.15, -0.1) is 0 Å². The van der Waals surface area contributed by atoms with E-state index in [0.29, 0.717) is 23.0 Å². The Morgan fingerprint density at radius 1 is 0.379 bits per heavy atom. The molecule has 0 unspecified atom stereocenters. The number of benzene rings is 8. The van der Waals surface area contributed by atoms with Crippen LogP contribution in [-0.2, 0) is 5.41 Å². The predicted octanol–water partition coefficient (Wildman–Crippen LogP) is 12.6. The molecule has 0 radical (unpaired) electrons. The van der Waals surface area contributed by atoms with Crippen LogP contribution in [0.5, 0.6) is 11.5 Å². The highest BCUT2D eigenvalue weighted by Crippen LogP contribution is 2.58. The van der Waals surface area contributed by atoms with Gasteiger partial charge in [-0.05, 0) is 69.8 Å². The molecule has 1 aliphatic rings. The lowest BCUT2D eigenvalue weighted by Gasteiger charge is -2.43. The summed E-state index contributed by atoms with van der Waals surface area (Å²) in [6, 6.07) is 72.9. The Bertz CT molecular complexity index is 2920. The molecule has 0 bridgehead atoms. The van der Waals surface area contributed by atoms with Crippen molar-refractivity contribution in [2.24, 2.45) is 0 Å². The number of nitriles is 1. The standard InChI is InChI=1S/C53H34N4O/c54-35-36-27-29-39(30-28-36)51-55-50(38-15-4-1-5-16-38)56-52(57-51)40-33-31-37(32-34-40)43-21-10-11-22-44(43)45-23-14-26-48-49(45)53(41-17-6-2-7-18-41,42-19-8-3-9-20-42)46-24-12-13-25-47(46)58-48/h1-34H. The van der Waals surface area contributed by atoms with Crippen molar-refractivity contribution in [3.8, 4) is 74.0 Å². The molecule has 0 amide bonds. The third-order valence-corrected chi connectivity index (χ3v) is 10.9. The molecule has 0 fully saturated rings. The average molecular weight is 743 g/mol. The summed E-state index contributed by atoms with van der Waals surface area (Å²) in [6.07, 6.45) is 0. The van der Waals surface area contributed by atoms with E-state index in [1.165, 1.54) is 11.1 Å². The van der Waals surface area contributed by atoms with Crippen LogP contribution < -0.4 is 4.74 Å². The molecule has 8 aromatic carbocycles. The fraction of sp³-hybridized carbons (Fsp3) is 0.0189. The Labute approximate surface area is 337 Å². The van der Waals surface area contributed by atoms with Gasteiger partial charge in [0.2, 0.25) is 0 Å². The fourth-order valence-corrected chi connectivity index (χ4v) is 8.30. The van der Waals surface area contributed by atoms with E-state index in [0.717, 1.165) is 61.6 Å². The Balaban J connectivity index is 1.12. The highest BCUT2D eigenvalue weighted by Gasteiger charge is 2.46. The maximum absolute atomic E-state index is 9.38. The molecular formula is C53H34N4O. The van der Waals surface area contributed by atoms with Crippen LogP contribution in [0.1, 0.15) is 27.8 Å². The maximum atomic E-state index is 9.38. The Kier molecular flexibility index (Phi) is 8.70. The third-order valence-electron chi connectivity index (χ3n) is 10.9. The molecule has 0 N–H and O–H groups in total. The van der Waals surface area contributed by atoms with Crippen LogP contribution in [0.3, 0.4) is 0 Å². The average Bonchev–Trinajstić information content (AvgIpc) is 3.31. The zero-order chi connectivity index (χ0) is 38.9. The number of aromatic nitrogens is 3. The van der Waals surface area contributed by atoms with Crippen molar-refractivity contribution < 1.29 is 4.74 Å². The molecule has 2 heterocycles. The Morgan fingerprint density at radius 3 is 1.43 bits per heavy atom. The van der Waals surface area contributed by atoms with Crippen LogP contribution in [0.15, 0.2) is 206 Å². The van der Waals surface area contributed by atoms with Crippen LogP contribution in [0.4, 0.5) is 0 Å². The van der Waals surface area contributed by atoms with Crippen molar-refractivity contribution in [3.63, 3.8) is 0 Å². The Hall–Kier alpha value is -7.94. The molecule has 0 spiro atoms. The lowest BCUT2D eigenvalue weighted by molar-refractivity contribution is 0.435. The van der Waals surface area contributed by atoms with E-state index in [2.05, 4.69) is 152 Å². The lowest BCUT2D eigenvalue weighted by atomic mass is 9.62.